The van der Waals surface area contributed by atoms with Gasteiger partial charge in [0.2, 0.25) is 0 Å². The van der Waals surface area contributed by atoms with Crippen molar-refractivity contribution in [3.8, 4) is 0 Å². The van der Waals surface area contributed by atoms with Gasteiger partial charge in [-0.25, -0.2) is 0 Å². The Hall–Kier alpha value is -0.740. The maximum Gasteiger partial charge on any atom is 0.312 e. The smallest absolute Gasteiger partial charge is 0.312 e. The molecular formula is C6H10BrN3O2. The van der Waals surface area contributed by atoms with Crippen molar-refractivity contribution in [1.82, 2.24) is 0 Å². The van der Waals surface area contributed by atoms with Gasteiger partial charge < -0.3 is 5.11 Å². The summed E-state index contributed by atoms with van der Waals surface area (Å²) in [5, 5.41) is 12.5. The van der Waals surface area contributed by atoms with Crippen LogP contribution < -0.4 is 0 Å². The van der Waals surface area contributed by atoms with Crippen LogP contribution in [0.25, 0.3) is 10.4 Å². The fraction of sp³-hybridized carbons (Fsp3) is 0.833. The molecule has 0 spiro atoms. The minimum absolute atomic E-state index is 0.408. The lowest BCUT2D eigenvalue weighted by molar-refractivity contribution is -0.138. The van der Waals surface area contributed by atoms with Gasteiger partial charge in [0.25, 0.3) is 0 Å². The zero-order valence-corrected chi connectivity index (χ0v) is 8.07. The molecule has 0 fully saturated rings. The molecule has 0 unspecified atom stereocenters. The van der Waals surface area contributed by atoms with Crippen molar-refractivity contribution < 1.29 is 9.90 Å². The van der Waals surface area contributed by atoms with E-state index in [1.807, 2.05) is 0 Å². The fourth-order valence-electron chi connectivity index (χ4n) is 0.725. The molecule has 0 amide bonds. The molecule has 5 nitrogen and oxygen atoms in total. The van der Waals surface area contributed by atoms with Crippen LogP contribution in [0.4, 0.5) is 0 Å². The summed E-state index contributed by atoms with van der Waals surface area (Å²) in [6, 6.07) is -0.908. The van der Waals surface area contributed by atoms with E-state index >= 15 is 0 Å². The summed E-state index contributed by atoms with van der Waals surface area (Å²) in [5.41, 5.74) is 8.03. The number of carboxylic acids is 1. The van der Waals surface area contributed by atoms with Crippen molar-refractivity contribution in [3.63, 3.8) is 0 Å². The Labute approximate surface area is 78.5 Å². The normalized spacial score (nSPS) is 11.8. The zero-order chi connectivity index (χ0) is 9.40. The van der Waals surface area contributed by atoms with Gasteiger partial charge in [-0.2, -0.15) is 0 Å². The number of alkyl halides is 1. The zero-order valence-electron chi connectivity index (χ0n) is 6.48. The Bertz CT molecular complexity index is 189. The number of nitrogens with zero attached hydrogens (tertiary/aromatic N) is 3. The molecule has 12 heavy (non-hydrogen) atoms. The minimum Gasteiger partial charge on any atom is -0.481 e. The SMILES string of the molecule is [N-]=[N+]=N[C@H](CCCCBr)C(=O)O. The van der Waals surface area contributed by atoms with Crippen LogP contribution in [0.1, 0.15) is 19.3 Å². The van der Waals surface area contributed by atoms with E-state index in [9.17, 15) is 4.79 Å². The van der Waals surface area contributed by atoms with Crippen molar-refractivity contribution >= 4 is 21.9 Å². The highest BCUT2D eigenvalue weighted by Gasteiger charge is 2.13. The topological polar surface area (TPSA) is 86.1 Å². The molecule has 0 aromatic heterocycles. The average Bonchev–Trinajstić information content (AvgIpc) is 2.03. The molecule has 0 heterocycles. The standard InChI is InChI=1S/C6H10BrN3O2/c7-4-2-1-3-5(6(11)12)9-10-8/h5H,1-4H2,(H,11,12)/t5-/m1/s1. The minimum atomic E-state index is -1.05. The fourth-order valence-corrected chi connectivity index (χ4v) is 1.12. The van der Waals surface area contributed by atoms with Gasteiger partial charge in [-0.3, -0.25) is 4.79 Å². The lowest BCUT2D eigenvalue weighted by Gasteiger charge is -2.03. The van der Waals surface area contributed by atoms with Crippen LogP contribution in [0.2, 0.25) is 0 Å². The Balaban J connectivity index is 3.79. The van der Waals surface area contributed by atoms with Gasteiger partial charge in [-0.05, 0) is 18.4 Å². The number of carbonyl (C=O) groups is 1. The Morgan fingerprint density at radius 2 is 2.33 bits per heavy atom. The first-order chi connectivity index (χ1) is 5.72. The number of hydrogen-bond donors (Lipinski definition) is 1. The first kappa shape index (κ1) is 11.3. The number of azide groups is 1. The third kappa shape index (κ3) is 4.98. The predicted octanol–water partition coefficient (Wildman–Crippen LogP) is 2.32. The summed E-state index contributed by atoms with van der Waals surface area (Å²) in [7, 11) is 0. The molecule has 0 aliphatic heterocycles. The molecule has 1 N–H and O–H groups in total. The molecule has 6 heteroatoms. The number of hydrogen-bond acceptors (Lipinski definition) is 2. The monoisotopic (exact) mass is 235 g/mol. The number of halogens is 1. The molecule has 0 rings (SSSR count). The van der Waals surface area contributed by atoms with Crippen LogP contribution in [-0.4, -0.2) is 22.4 Å². The van der Waals surface area contributed by atoms with Crippen LogP contribution in [0, 0.1) is 0 Å². The third-order valence-corrected chi connectivity index (χ3v) is 1.90. The van der Waals surface area contributed by atoms with Crippen molar-refractivity contribution in [2.24, 2.45) is 5.11 Å². The number of carboxylic acid groups (broad SMARTS) is 1. The molecule has 0 aromatic carbocycles. The molecule has 0 bridgehead atoms. The highest BCUT2D eigenvalue weighted by molar-refractivity contribution is 9.09. The lowest BCUT2D eigenvalue weighted by atomic mass is 10.1. The number of unbranched alkanes of at least 4 members (excludes halogenated alkanes) is 1. The van der Waals surface area contributed by atoms with Gasteiger partial charge in [0.05, 0.1) is 0 Å². The molecule has 0 aliphatic rings. The summed E-state index contributed by atoms with van der Waals surface area (Å²) in [5.74, 6) is -1.05. The van der Waals surface area contributed by atoms with E-state index in [0.717, 1.165) is 18.2 Å². The molecule has 0 aromatic rings. The van der Waals surface area contributed by atoms with Crippen molar-refractivity contribution in [2.75, 3.05) is 5.33 Å². The van der Waals surface area contributed by atoms with E-state index in [2.05, 4.69) is 26.0 Å². The van der Waals surface area contributed by atoms with Crippen LogP contribution in [0.15, 0.2) is 5.11 Å². The quantitative estimate of drug-likeness (QED) is 0.252. The number of rotatable bonds is 6. The molecule has 0 radical (unpaired) electrons. The van der Waals surface area contributed by atoms with E-state index in [1.165, 1.54) is 0 Å². The first-order valence-electron chi connectivity index (χ1n) is 3.55. The molecular weight excluding hydrogens is 226 g/mol. The van der Waals surface area contributed by atoms with E-state index in [0.29, 0.717) is 6.42 Å². The van der Waals surface area contributed by atoms with Gasteiger partial charge in [-0.1, -0.05) is 27.5 Å². The highest BCUT2D eigenvalue weighted by atomic mass is 79.9. The Morgan fingerprint density at radius 3 is 2.75 bits per heavy atom. The average molecular weight is 236 g/mol. The van der Waals surface area contributed by atoms with E-state index in [-0.39, 0.29) is 0 Å². The van der Waals surface area contributed by atoms with Gasteiger partial charge in [0.15, 0.2) is 0 Å². The molecule has 1 atom stereocenters. The second kappa shape index (κ2) is 6.94. The maximum absolute atomic E-state index is 10.4. The number of aliphatic carboxylic acids is 1. The Kier molecular flexibility index (Phi) is 6.51. The maximum atomic E-state index is 10.4. The van der Waals surface area contributed by atoms with Crippen LogP contribution >= 0.6 is 15.9 Å². The summed E-state index contributed by atoms with van der Waals surface area (Å²) in [6.45, 7) is 0. The van der Waals surface area contributed by atoms with Crippen molar-refractivity contribution in [2.45, 2.75) is 25.3 Å². The summed E-state index contributed by atoms with van der Waals surface area (Å²) < 4.78 is 0. The lowest BCUT2D eigenvalue weighted by Crippen LogP contribution is -2.16. The summed E-state index contributed by atoms with van der Waals surface area (Å²) in [6.07, 6.45) is 2.05. The molecule has 0 saturated carbocycles. The van der Waals surface area contributed by atoms with E-state index in [4.69, 9.17) is 10.6 Å². The van der Waals surface area contributed by atoms with Crippen molar-refractivity contribution in [3.05, 3.63) is 10.4 Å². The third-order valence-electron chi connectivity index (χ3n) is 1.34. The summed E-state index contributed by atoms with van der Waals surface area (Å²) >= 11 is 3.22. The largest absolute Gasteiger partial charge is 0.481 e. The van der Waals surface area contributed by atoms with Gasteiger partial charge in [0, 0.05) is 10.2 Å². The van der Waals surface area contributed by atoms with E-state index < -0.39 is 12.0 Å². The predicted molar refractivity (Wildman–Crippen MR) is 48.2 cm³/mol. The van der Waals surface area contributed by atoms with Crippen molar-refractivity contribution in [1.29, 1.82) is 0 Å². The van der Waals surface area contributed by atoms with Crippen LogP contribution in [0.3, 0.4) is 0 Å². The molecule has 68 valence electrons. The van der Waals surface area contributed by atoms with Gasteiger partial charge >= 0.3 is 5.97 Å². The Morgan fingerprint density at radius 1 is 1.67 bits per heavy atom. The summed E-state index contributed by atoms with van der Waals surface area (Å²) in [4.78, 5) is 12.9. The van der Waals surface area contributed by atoms with Gasteiger partial charge in [-0.15, -0.1) is 0 Å². The second-order valence-corrected chi connectivity index (χ2v) is 3.04. The van der Waals surface area contributed by atoms with E-state index in [1.54, 1.807) is 0 Å². The highest BCUT2D eigenvalue weighted by Crippen LogP contribution is 2.06. The van der Waals surface area contributed by atoms with Crippen LogP contribution in [0.5, 0.6) is 0 Å². The van der Waals surface area contributed by atoms with Gasteiger partial charge in [0.1, 0.15) is 6.04 Å². The molecule has 0 saturated heterocycles. The first-order valence-corrected chi connectivity index (χ1v) is 4.67. The molecule has 0 aliphatic carbocycles. The van der Waals surface area contributed by atoms with Crippen LogP contribution in [-0.2, 0) is 4.79 Å². The second-order valence-electron chi connectivity index (χ2n) is 2.24.